The minimum Gasteiger partial charge on any atom is -0.508 e. The van der Waals surface area contributed by atoms with Crippen molar-refractivity contribution in [2.45, 2.75) is 26.2 Å². The van der Waals surface area contributed by atoms with Crippen molar-refractivity contribution in [2.75, 3.05) is 0 Å². The number of nitrogens with zero attached hydrogens (tertiary/aromatic N) is 2. The van der Waals surface area contributed by atoms with Gasteiger partial charge in [0.2, 0.25) is 0 Å². The molecular weight excluding hydrogens is 354 g/mol. The summed E-state index contributed by atoms with van der Waals surface area (Å²) in [5.41, 5.74) is 9.98. The van der Waals surface area contributed by atoms with E-state index in [4.69, 9.17) is 5.73 Å². The Labute approximate surface area is 164 Å². The Morgan fingerprint density at radius 1 is 0.821 bits per heavy atom. The van der Waals surface area contributed by atoms with Crippen LogP contribution in [0.15, 0.2) is 72.8 Å². The molecule has 0 amide bonds. The molecule has 6 nitrogen and oxygen atoms in total. The lowest BCUT2D eigenvalue weighted by atomic mass is 10.1. The second-order valence-electron chi connectivity index (χ2n) is 6.76. The van der Waals surface area contributed by atoms with Gasteiger partial charge in [0, 0.05) is 38.3 Å². The third-order valence-corrected chi connectivity index (χ3v) is 4.53. The molecule has 0 radical (unpaired) electrons. The lowest BCUT2D eigenvalue weighted by Gasteiger charge is -2.23. The third-order valence-electron chi connectivity index (χ3n) is 4.53. The molecular formula is C22H23N3O3. The number of nitrogens with two attached hydrogens (primary N) is 1. The Hall–Kier alpha value is -3.22. The number of aromatic hydroxyl groups is 1. The van der Waals surface area contributed by atoms with Crippen LogP contribution in [0, 0.1) is 10.1 Å². The zero-order valence-electron chi connectivity index (χ0n) is 15.5. The summed E-state index contributed by atoms with van der Waals surface area (Å²) in [6.07, 6.45) is 0. The summed E-state index contributed by atoms with van der Waals surface area (Å²) >= 11 is 0. The Morgan fingerprint density at radius 2 is 1.36 bits per heavy atom. The number of nitro groups is 1. The summed E-state index contributed by atoms with van der Waals surface area (Å²) in [6.45, 7) is 2.49. The zero-order valence-corrected chi connectivity index (χ0v) is 15.5. The van der Waals surface area contributed by atoms with Crippen molar-refractivity contribution in [3.05, 3.63) is 105 Å². The minimum atomic E-state index is -0.396. The Balaban J connectivity index is 1.79. The molecule has 3 N–H and O–H groups in total. The van der Waals surface area contributed by atoms with E-state index in [-0.39, 0.29) is 11.4 Å². The van der Waals surface area contributed by atoms with E-state index in [0.29, 0.717) is 26.2 Å². The number of phenols is 1. The van der Waals surface area contributed by atoms with Crippen molar-refractivity contribution in [1.29, 1.82) is 0 Å². The lowest BCUT2D eigenvalue weighted by Crippen LogP contribution is -2.22. The molecule has 3 aromatic rings. The predicted octanol–water partition coefficient (Wildman–Crippen LogP) is 3.96. The summed E-state index contributed by atoms with van der Waals surface area (Å²) in [5.74, 6) is 0.236. The third kappa shape index (κ3) is 5.39. The summed E-state index contributed by atoms with van der Waals surface area (Å²) in [6, 6.07) is 22.0. The fourth-order valence-corrected chi connectivity index (χ4v) is 3.10. The van der Waals surface area contributed by atoms with E-state index < -0.39 is 4.92 Å². The predicted molar refractivity (Wildman–Crippen MR) is 108 cm³/mol. The highest BCUT2D eigenvalue weighted by atomic mass is 16.6. The van der Waals surface area contributed by atoms with Crippen LogP contribution in [0.25, 0.3) is 0 Å². The molecule has 3 rings (SSSR count). The Bertz CT molecular complexity index is 925. The van der Waals surface area contributed by atoms with Gasteiger partial charge in [0.25, 0.3) is 5.69 Å². The number of rotatable bonds is 8. The molecule has 0 unspecified atom stereocenters. The minimum absolute atomic E-state index is 0.0839. The van der Waals surface area contributed by atoms with Gasteiger partial charge in [0.05, 0.1) is 4.92 Å². The molecule has 0 aliphatic heterocycles. The van der Waals surface area contributed by atoms with Crippen molar-refractivity contribution in [3.8, 4) is 5.75 Å². The Kier molecular flexibility index (Phi) is 6.37. The van der Waals surface area contributed by atoms with Crippen LogP contribution in [0.1, 0.15) is 22.3 Å². The average Bonchev–Trinajstić information content (AvgIpc) is 2.69. The van der Waals surface area contributed by atoms with Crippen LogP contribution in [0.5, 0.6) is 5.75 Å². The maximum atomic E-state index is 10.9. The number of nitro benzene ring substituents is 1. The molecule has 0 aliphatic rings. The van der Waals surface area contributed by atoms with Crippen LogP contribution in [-0.2, 0) is 26.2 Å². The Morgan fingerprint density at radius 3 is 1.89 bits per heavy atom. The first-order valence-electron chi connectivity index (χ1n) is 9.05. The highest BCUT2D eigenvalue weighted by Gasteiger charge is 2.11. The summed E-state index contributed by atoms with van der Waals surface area (Å²) < 4.78 is 0. The van der Waals surface area contributed by atoms with Gasteiger partial charge in [-0.25, -0.2) is 0 Å². The second-order valence-corrected chi connectivity index (χ2v) is 6.76. The summed E-state index contributed by atoms with van der Waals surface area (Å²) in [4.78, 5) is 12.7. The fourth-order valence-electron chi connectivity index (χ4n) is 3.10. The van der Waals surface area contributed by atoms with Gasteiger partial charge in [-0.3, -0.25) is 15.0 Å². The molecule has 0 heterocycles. The second kappa shape index (κ2) is 9.12. The quantitative estimate of drug-likeness (QED) is 0.458. The SMILES string of the molecule is NCc1ccc(CN(Cc2ccc([N+](=O)[O-])cc2)Cc2cccc(O)c2)cc1. The largest absolute Gasteiger partial charge is 0.508 e. The van der Waals surface area contributed by atoms with Gasteiger partial charge in [0.15, 0.2) is 0 Å². The van der Waals surface area contributed by atoms with Crippen molar-refractivity contribution >= 4 is 5.69 Å². The summed E-state index contributed by atoms with van der Waals surface area (Å²) in [7, 11) is 0. The average molecular weight is 377 g/mol. The first-order valence-corrected chi connectivity index (χ1v) is 9.05. The zero-order chi connectivity index (χ0) is 19.9. The molecule has 0 atom stereocenters. The van der Waals surface area contributed by atoms with Gasteiger partial charge in [-0.2, -0.15) is 0 Å². The first-order chi connectivity index (χ1) is 13.5. The maximum Gasteiger partial charge on any atom is 0.269 e. The smallest absolute Gasteiger partial charge is 0.269 e. The molecule has 0 bridgehead atoms. The highest BCUT2D eigenvalue weighted by Crippen LogP contribution is 2.19. The molecule has 0 fully saturated rings. The van der Waals surface area contributed by atoms with Gasteiger partial charge in [0.1, 0.15) is 5.75 Å². The van der Waals surface area contributed by atoms with Gasteiger partial charge in [-0.1, -0.05) is 48.5 Å². The van der Waals surface area contributed by atoms with E-state index in [2.05, 4.69) is 17.0 Å². The van der Waals surface area contributed by atoms with Crippen molar-refractivity contribution in [2.24, 2.45) is 5.73 Å². The lowest BCUT2D eigenvalue weighted by molar-refractivity contribution is -0.384. The molecule has 144 valence electrons. The standard InChI is InChI=1S/C22H23N3O3/c23-13-17-4-6-18(7-5-17)14-24(16-20-2-1-3-22(26)12-20)15-19-8-10-21(11-9-19)25(27)28/h1-12,26H,13-16,23H2. The fraction of sp³-hybridized carbons (Fsp3) is 0.182. The van der Waals surface area contributed by atoms with Crippen molar-refractivity contribution in [3.63, 3.8) is 0 Å². The molecule has 0 saturated carbocycles. The van der Waals surface area contributed by atoms with Crippen LogP contribution in [0.2, 0.25) is 0 Å². The van der Waals surface area contributed by atoms with Crippen LogP contribution in [0.4, 0.5) is 5.69 Å². The number of benzene rings is 3. The molecule has 6 heteroatoms. The van der Waals surface area contributed by atoms with E-state index in [0.717, 1.165) is 22.3 Å². The van der Waals surface area contributed by atoms with E-state index >= 15 is 0 Å². The maximum absolute atomic E-state index is 10.9. The number of non-ortho nitro benzene ring substituents is 1. The van der Waals surface area contributed by atoms with Crippen LogP contribution < -0.4 is 5.73 Å². The van der Waals surface area contributed by atoms with E-state index in [1.165, 1.54) is 12.1 Å². The summed E-state index contributed by atoms with van der Waals surface area (Å²) in [5, 5.41) is 20.6. The van der Waals surface area contributed by atoms with Crippen LogP contribution in [0.3, 0.4) is 0 Å². The van der Waals surface area contributed by atoms with E-state index in [9.17, 15) is 15.2 Å². The normalized spacial score (nSPS) is 10.9. The highest BCUT2D eigenvalue weighted by molar-refractivity contribution is 5.33. The number of hydrogen-bond donors (Lipinski definition) is 2. The van der Waals surface area contributed by atoms with E-state index in [1.807, 2.05) is 24.3 Å². The molecule has 0 aromatic heterocycles. The van der Waals surface area contributed by atoms with Crippen molar-refractivity contribution in [1.82, 2.24) is 4.90 Å². The van der Waals surface area contributed by atoms with Gasteiger partial charge in [-0.15, -0.1) is 0 Å². The van der Waals surface area contributed by atoms with E-state index in [1.54, 1.807) is 24.3 Å². The topological polar surface area (TPSA) is 92.6 Å². The van der Waals surface area contributed by atoms with Crippen LogP contribution >= 0.6 is 0 Å². The molecule has 0 saturated heterocycles. The molecule has 0 aliphatic carbocycles. The number of phenolic OH excluding ortho intramolecular Hbond substituents is 1. The van der Waals surface area contributed by atoms with Gasteiger partial charge < -0.3 is 10.8 Å². The first kappa shape index (κ1) is 19.5. The molecule has 28 heavy (non-hydrogen) atoms. The van der Waals surface area contributed by atoms with Gasteiger partial charge >= 0.3 is 0 Å². The van der Waals surface area contributed by atoms with Gasteiger partial charge in [-0.05, 0) is 34.4 Å². The van der Waals surface area contributed by atoms with Crippen LogP contribution in [-0.4, -0.2) is 14.9 Å². The number of hydrogen-bond acceptors (Lipinski definition) is 5. The monoisotopic (exact) mass is 377 g/mol. The van der Waals surface area contributed by atoms with Crippen molar-refractivity contribution < 1.29 is 10.0 Å². The molecule has 3 aromatic carbocycles. The molecule has 0 spiro atoms.